The number of rotatable bonds is 5. The van der Waals surface area contributed by atoms with E-state index in [1.54, 1.807) is 5.56 Å². The second kappa shape index (κ2) is 6.06. The van der Waals surface area contributed by atoms with Crippen molar-refractivity contribution in [2.45, 2.75) is 39.2 Å². The normalized spacial score (nSPS) is 14.5. The van der Waals surface area contributed by atoms with E-state index in [-0.39, 0.29) is 0 Å². The first-order chi connectivity index (χ1) is 8.33. The Balaban J connectivity index is 2.09. The average Bonchev–Trinajstić information content (AvgIpc) is 2.38. The summed E-state index contributed by atoms with van der Waals surface area (Å²) in [4.78, 5) is 2.43. The van der Waals surface area contributed by atoms with E-state index in [4.69, 9.17) is 0 Å². The zero-order valence-corrected chi connectivity index (χ0v) is 11.1. The van der Waals surface area contributed by atoms with Crippen LogP contribution < -0.4 is 10.2 Å². The average molecular weight is 232 g/mol. The van der Waals surface area contributed by atoms with Crippen molar-refractivity contribution in [3.05, 3.63) is 29.3 Å². The fraction of sp³-hybridized carbons (Fsp3) is 0.600. The lowest BCUT2D eigenvalue weighted by molar-refractivity contribution is 0.639. The van der Waals surface area contributed by atoms with Crippen molar-refractivity contribution >= 4 is 5.69 Å². The molecule has 94 valence electrons. The smallest absolute Gasteiger partial charge is 0.0399 e. The first-order valence-corrected chi connectivity index (χ1v) is 6.85. The first kappa shape index (κ1) is 12.4. The summed E-state index contributed by atoms with van der Waals surface area (Å²) < 4.78 is 0. The van der Waals surface area contributed by atoms with Crippen molar-refractivity contribution < 1.29 is 0 Å². The minimum Gasteiger partial charge on any atom is -0.374 e. The van der Waals surface area contributed by atoms with Gasteiger partial charge in [0.2, 0.25) is 0 Å². The Bertz CT molecular complexity index is 360. The molecule has 0 aromatic heterocycles. The zero-order valence-electron chi connectivity index (χ0n) is 11.1. The number of nitrogens with one attached hydrogen (secondary N) is 1. The van der Waals surface area contributed by atoms with Crippen molar-refractivity contribution in [2.24, 2.45) is 0 Å². The molecule has 2 nitrogen and oxygen atoms in total. The van der Waals surface area contributed by atoms with E-state index < -0.39 is 0 Å². The fourth-order valence-corrected chi connectivity index (χ4v) is 2.59. The molecule has 2 rings (SSSR count). The second-order valence-corrected chi connectivity index (χ2v) is 4.97. The van der Waals surface area contributed by atoms with Crippen LogP contribution >= 0.6 is 0 Å². The third-order valence-electron chi connectivity index (χ3n) is 3.62. The third kappa shape index (κ3) is 3.01. The van der Waals surface area contributed by atoms with E-state index in [2.05, 4.69) is 42.4 Å². The Kier molecular flexibility index (Phi) is 4.43. The summed E-state index contributed by atoms with van der Waals surface area (Å²) in [6.45, 7) is 5.59. The molecule has 1 heterocycles. The number of benzene rings is 1. The largest absolute Gasteiger partial charge is 0.374 e. The van der Waals surface area contributed by atoms with Crippen LogP contribution in [0.4, 0.5) is 5.69 Å². The Hall–Kier alpha value is -1.02. The maximum atomic E-state index is 3.44. The molecular formula is C15H24N2. The van der Waals surface area contributed by atoms with E-state index in [1.807, 2.05) is 0 Å². The van der Waals surface area contributed by atoms with Crippen LogP contribution in [0.5, 0.6) is 0 Å². The van der Waals surface area contributed by atoms with Crippen molar-refractivity contribution in [1.82, 2.24) is 5.32 Å². The molecule has 1 N–H and O–H groups in total. The standard InChI is InChI=1S/C15H24N2/c1-3-4-5-11-17(2)15-8-6-7-13-12-16-10-9-14(13)15/h6-8,16H,3-5,9-12H2,1-2H3. The molecule has 0 unspecified atom stereocenters. The van der Waals surface area contributed by atoms with Gasteiger partial charge in [0, 0.05) is 25.8 Å². The van der Waals surface area contributed by atoms with Gasteiger partial charge in [0.05, 0.1) is 0 Å². The van der Waals surface area contributed by atoms with Gasteiger partial charge in [0.25, 0.3) is 0 Å². The minimum absolute atomic E-state index is 1.03. The van der Waals surface area contributed by atoms with Crippen LogP contribution in [0.25, 0.3) is 0 Å². The van der Waals surface area contributed by atoms with Gasteiger partial charge in [-0.3, -0.25) is 0 Å². The maximum absolute atomic E-state index is 3.44. The van der Waals surface area contributed by atoms with Gasteiger partial charge in [-0.05, 0) is 36.6 Å². The Labute approximate surface area is 105 Å². The molecular weight excluding hydrogens is 208 g/mol. The van der Waals surface area contributed by atoms with Gasteiger partial charge in [-0.25, -0.2) is 0 Å². The predicted molar refractivity (Wildman–Crippen MR) is 74.6 cm³/mol. The highest BCUT2D eigenvalue weighted by Crippen LogP contribution is 2.26. The number of hydrogen-bond donors (Lipinski definition) is 1. The highest BCUT2D eigenvalue weighted by atomic mass is 15.1. The molecule has 1 aromatic carbocycles. The molecule has 0 spiro atoms. The predicted octanol–water partition coefficient (Wildman–Crippen LogP) is 2.96. The Morgan fingerprint density at radius 1 is 1.29 bits per heavy atom. The summed E-state index contributed by atoms with van der Waals surface area (Å²) in [6.07, 6.45) is 5.10. The topological polar surface area (TPSA) is 15.3 Å². The van der Waals surface area contributed by atoms with Gasteiger partial charge in [-0.15, -0.1) is 0 Å². The van der Waals surface area contributed by atoms with Crippen molar-refractivity contribution in [1.29, 1.82) is 0 Å². The molecule has 0 fully saturated rings. The number of unbranched alkanes of at least 4 members (excludes halogenated alkanes) is 2. The van der Waals surface area contributed by atoms with E-state index in [1.165, 1.54) is 43.5 Å². The molecule has 0 amide bonds. The number of hydrogen-bond acceptors (Lipinski definition) is 2. The molecule has 2 heteroatoms. The number of fused-ring (bicyclic) bond motifs is 1. The monoisotopic (exact) mass is 232 g/mol. The molecule has 0 radical (unpaired) electrons. The van der Waals surface area contributed by atoms with Gasteiger partial charge < -0.3 is 10.2 Å². The molecule has 17 heavy (non-hydrogen) atoms. The maximum Gasteiger partial charge on any atom is 0.0399 e. The highest BCUT2D eigenvalue weighted by Gasteiger charge is 2.14. The lowest BCUT2D eigenvalue weighted by atomic mass is 9.98. The summed E-state index contributed by atoms with van der Waals surface area (Å²) in [6, 6.07) is 6.72. The van der Waals surface area contributed by atoms with Crippen LogP contribution in [0.2, 0.25) is 0 Å². The van der Waals surface area contributed by atoms with Crippen LogP contribution in [0.1, 0.15) is 37.3 Å². The number of anilines is 1. The van der Waals surface area contributed by atoms with Crippen LogP contribution in [0, 0.1) is 0 Å². The van der Waals surface area contributed by atoms with Crippen molar-refractivity contribution in [2.75, 3.05) is 25.0 Å². The molecule has 1 aliphatic rings. The summed E-state index contributed by atoms with van der Waals surface area (Å²) >= 11 is 0. The fourth-order valence-electron chi connectivity index (χ4n) is 2.59. The molecule has 0 saturated heterocycles. The van der Waals surface area contributed by atoms with E-state index in [0.29, 0.717) is 0 Å². The van der Waals surface area contributed by atoms with Crippen molar-refractivity contribution in [3.63, 3.8) is 0 Å². The molecule has 0 saturated carbocycles. The quantitative estimate of drug-likeness (QED) is 0.785. The van der Waals surface area contributed by atoms with Gasteiger partial charge in [-0.1, -0.05) is 31.9 Å². The summed E-state index contributed by atoms with van der Waals surface area (Å²) in [5, 5.41) is 3.44. The zero-order chi connectivity index (χ0) is 12.1. The molecule has 1 aliphatic heterocycles. The van der Waals surface area contributed by atoms with E-state index in [0.717, 1.165) is 13.1 Å². The minimum atomic E-state index is 1.03. The highest BCUT2D eigenvalue weighted by molar-refractivity contribution is 5.57. The first-order valence-electron chi connectivity index (χ1n) is 6.85. The van der Waals surface area contributed by atoms with E-state index in [9.17, 15) is 0 Å². The summed E-state index contributed by atoms with van der Waals surface area (Å²) in [5.74, 6) is 0. The molecule has 1 aromatic rings. The second-order valence-electron chi connectivity index (χ2n) is 4.97. The van der Waals surface area contributed by atoms with E-state index >= 15 is 0 Å². The van der Waals surface area contributed by atoms with Crippen LogP contribution in [0.15, 0.2) is 18.2 Å². The lowest BCUT2D eigenvalue weighted by Crippen LogP contribution is -2.27. The SMILES string of the molecule is CCCCCN(C)c1cccc2c1CCNC2. The summed E-state index contributed by atoms with van der Waals surface area (Å²) in [5.41, 5.74) is 4.49. The third-order valence-corrected chi connectivity index (χ3v) is 3.62. The number of nitrogens with zero attached hydrogens (tertiary/aromatic N) is 1. The molecule has 0 bridgehead atoms. The van der Waals surface area contributed by atoms with Crippen molar-refractivity contribution in [3.8, 4) is 0 Å². The molecule has 0 atom stereocenters. The summed E-state index contributed by atoms with van der Waals surface area (Å²) in [7, 11) is 2.23. The van der Waals surface area contributed by atoms with Crippen LogP contribution in [-0.2, 0) is 13.0 Å². The lowest BCUT2D eigenvalue weighted by Gasteiger charge is -2.27. The van der Waals surface area contributed by atoms with Gasteiger partial charge in [0.1, 0.15) is 0 Å². The van der Waals surface area contributed by atoms with Crippen LogP contribution in [0.3, 0.4) is 0 Å². The van der Waals surface area contributed by atoms with Crippen LogP contribution in [-0.4, -0.2) is 20.1 Å². The molecule has 0 aliphatic carbocycles. The van der Waals surface area contributed by atoms with Gasteiger partial charge >= 0.3 is 0 Å². The van der Waals surface area contributed by atoms with Gasteiger partial charge in [-0.2, -0.15) is 0 Å². The van der Waals surface area contributed by atoms with Gasteiger partial charge in [0.15, 0.2) is 0 Å². The Morgan fingerprint density at radius 2 is 2.18 bits per heavy atom. The Morgan fingerprint density at radius 3 is 3.00 bits per heavy atom.